The third-order valence-corrected chi connectivity index (χ3v) is 2.74. The highest BCUT2D eigenvalue weighted by Crippen LogP contribution is 2.26. The molecule has 0 amide bonds. The van der Waals surface area contributed by atoms with Crippen LogP contribution < -0.4 is 0 Å². The lowest BCUT2D eigenvalue weighted by Crippen LogP contribution is -2.11. The molecule has 0 saturated heterocycles. The van der Waals surface area contributed by atoms with Crippen LogP contribution in [0.5, 0.6) is 0 Å². The highest BCUT2D eigenvalue weighted by Gasteiger charge is 2.16. The first-order valence-electron chi connectivity index (χ1n) is 5.22. The zero-order valence-electron chi connectivity index (χ0n) is 8.92. The van der Waals surface area contributed by atoms with Gasteiger partial charge >= 0.3 is 0 Å². The van der Waals surface area contributed by atoms with E-state index in [-0.39, 0.29) is 0 Å². The lowest BCUT2D eigenvalue weighted by molar-refractivity contribution is 0.293. The van der Waals surface area contributed by atoms with Crippen LogP contribution in [0.3, 0.4) is 0 Å². The Morgan fingerprint density at radius 1 is 1.46 bits per heavy atom. The fourth-order valence-corrected chi connectivity index (χ4v) is 1.77. The maximum Gasteiger partial charge on any atom is 0.114 e. The minimum Gasteiger partial charge on any atom is -0.497 e. The Morgan fingerprint density at radius 3 is 2.77 bits per heavy atom. The molecule has 1 rings (SSSR count). The van der Waals surface area contributed by atoms with E-state index in [0.29, 0.717) is 5.92 Å². The molecule has 1 heteroatoms. The minimum absolute atomic E-state index is 0.631. The number of allylic oxidation sites excluding steroid dienone is 3. The van der Waals surface area contributed by atoms with Crippen LogP contribution in [0, 0.1) is 11.8 Å². The van der Waals surface area contributed by atoms with Crippen molar-refractivity contribution in [3.8, 4) is 0 Å². The highest BCUT2D eigenvalue weighted by molar-refractivity contribution is 5.20. The number of rotatable bonds is 4. The van der Waals surface area contributed by atoms with Crippen molar-refractivity contribution in [1.29, 1.82) is 0 Å². The standard InChI is InChI=1S/C12H20O/c1-4-5-6-11-7-8-12(13-3)9-10(11)2/h7-11H,4-6H2,1-3H3. The summed E-state index contributed by atoms with van der Waals surface area (Å²) in [6, 6.07) is 0. The Hall–Kier alpha value is -0.720. The van der Waals surface area contributed by atoms with Gasteiger partial charge in [-0.05, 0) is 30.4 Å². The van der Waals surface area contributed by atoms with Gasteiger partial charge in [-0.2, -0.15) is 0 Å². The van der Waals surface area contributed by atoms with E-state index in [4.69, 9.17) is 4.74 Å². The molecule has 0 bridgehead atoms. The van der Waals surface area contributed by atoms with Gasteiger partial charge in [0.05, 0.1) is 7.11 Å². The van der Waals surface area contributed by atoms with Gasteiger partial charge in [0.25, 0.3) is 0 Å². The average Bonchev–Trinajstić information content (AvgIpc) is 2.16. The van der Waals surface area contributed by atoms with E-state index < -0.39 is 0 Å². The monoisotopic (exact) mass is 180 g/mol. The van der Waals surface area contributed by atoms with Gasteiger partial charge in [0, 0.05) is 0 Å². The second kappa shape index (κ2) is 5.11. The van der Waals surface area contributed by atoms with Gasteiger partial charge < -0.3 is 4.74 Å². The molecule has 1 aliphatic carbocycles. The molecular formula is C12H20O. The van der Waals surface area contributed by atoms with Crippen LogP contribution in [-0.4, -0.2) is 7.11 Å². The first-order valence-corrected chi connectivity index (χ1v) is 5.22. The lowest BCUT2D eigenvalue weighted by atomic mass is 9.85. The molecule has 1 aliphatic rings. The lowest BCUT2D eigenvalue weighted by Gasteiger charge is -2.22. The molecule has 0 aliphatic heterocycles. The van der Waals surface area contributed by atoms with Crippen LogP contribution in [-0.2, 0) is 4.74 Å². The summed E-state index contributed by atoms with van der Waals surface area (Å²) < 4.78 is 5.19. The van der Waals surface area contributed by atoms with Crippen LogP contribution in [0.25, 0.3) is 0 Å². The van der Waals surface area contributed by atoms with Crippen LogP contribution in [0.4, 0.5) is 0 Å². The maximum absolute atomic E-state index is 5.19. The van der Waals surface area contributed by atoms with Gasteiger partial charge in [-0.15, -0.1) is 0 Å². The molecule has 1 nitrogen and oxygen atoms in total. The van der Waals surface area contributed by atoms with E-state index in [1.165, 1.54) is 19.3 Å². The molecule has 0 aromatic carbocycles. The molecule has 0 aromatic rings. The van der Waals surface area contributed by atoms with Crippen molar-refractivity contribution < 1.29 is 4.74 Å². The summed E-state index contributed by atoms with van der Waals surface area (Å²) >= 11 is 0. The molecule has 0 saturated carbocycles. The largest absolute Gasteiger partial charge is 0.497 e. The fraction of sp³-hybridized carbons (Fsp3) is 0.667. The number of hydrogen-bond acceptors (Lipinski definition) is 1. The summed E-state index contributed by atoms with van der Waals surface area (Å²) in [6.07, 6.45) is 10.5. The van der Waals surface area contributed by atoms with Crippen molar-refractivity contribution in [2.24, 2.45) is 11.8 Å². The van der Waals surface area contributed by atoms with E-state index >= 15 is 0 Å². The van der Waals surface area contributed by atoms with Gasteiger partial charge in [-0.3, -0.25) is 0 Å². The predicted molar refractivity (Wildman–Crippen MR) is 56.4 cm³/mol. The van der Waals surface area contributed by atoms with Crippen LogP contribution in [0.15, 0.2) is 24.0 Å². The van der Waals surface area contributed by atoms with Crippen molar-refractivity contribution in [1.82, 2.24) is 0 Å². The van der Waals surface area contributed by atoms with E-state index in [1.807, 2.05) is 0 Å². The Kier molecular flexibility index (Phi) is 4.07. The summed E-state index contributed by atoms with van der Waals surface area (Å²) in [4.78, 5) is 0. The molecule has 74 valence electrons. The normalized spacial score (nSPS) is 27.2. The zero-order chi connectivity index (χ0) is 9.68. The van der Waals surface area contributed by atoms with E-state index in [1.54, 1.807) is 7.11 Å². The molecule has 2 atom stereocenters. The van der Waals surface area contributed by atoms with Crippen LogP contribution in [0.1, 0.15) is 33.1 Å². The van der Waals surface area contributed by atoms with Gasteiger partial charge in [0.15, 0.2) is 0 Å². The number of hydrogen-bond donors (Lipinski definition) is 0. The third kappa shape index (κ3) is 2.91. The highest BCUT2D eigenvalue weighted by atomic mass is 16.5. The molecule has 0 aromatic heterocycles. The van der Waals surface area contributed by atoms with Gasteiger partial charge in [0.2, 0.25) is 0 Å². The van der Waals surface area contributed by atoms with Gasteiger partial charge in [-0.25, -0.2) is 0 Å². The summed E-state index contributed by atoms with van der Waals surface area (Å²) in [5, 5.41) is 0. The maximum atomic E-state index is 5.19. The van der Waals surface area contributed by atoms with E-state index in [0.717, 1.165) is 11.7 Å². The third-order valence-electron chi connectivity index (χ3n) is 2.74. The molecule has 0 heterocycles. The SMILES string of the molecule is CCCCC1C=CC(OC)=CC1C. The minimum atomic E-state index is 0.631. The smallest absolute Gasteiger partial charge is 0.114 e. The fourth-order valence-electron chi connectivity index (χ4n) is 1.77. The van der Waals surface area contributed by atoms with Crippen molar-refractivity contribution in [3.05, 3.63) is 24.0 Å². The Balaban J connectivity index is 2.46. The topological polar surface area (TPSA) is 9.23 Å². The number of unbranched alkanes of at least 4 members (excludes halogenated alkanes) is 1. The first kappa shape index (κ1) is 10.4. The first-order chi connectivity index (χ1) is 6.27. The van der Waals surface area contributed by atoms with Crippen LogP contribution in [0.2, 0.25) is 0 Å². The van der Waals surface area contributed by atoms with E-state index in [2.05, 4.69) is 32.1 Å². The summed E-state index contributed by atoms with van der Waals surface area (Å²) in [5.74, 6) is 2.37. The van der Waals surface area contributed by atoms with Crippen molar-refractivity contribution >= 4 is 0 Å². The average molecular weight is 180 g/mol. The second-order valence-corrected chi connectivity index (χ2v) is 3.80. The summed E-state index contributed by atoms with van der Waals surface area (Å²) in [7, 11) is 1.73. The number of methoxy groups -OCH3 is 1. The Morgan fingerprint density at radius 2 is 2.23 bits per heavy atom. The predicted octanol–water partition coefficient (Wildman–Crippen LogP) is 3.53. The van der Waals surface area contributed by atoms with Gasteiger partial charge in [0.1, 0.15) is 5.76 Å². The summed E-state index contributed by atoms with van der Waals surface area (Å²) in [6.45, 7) is 4.51. The molecular weight excluding hydrogens is 160 g/mol. The van der Waals surface area contributed by atoms with Crippen molar-refractivity contribution in [2.75, 3.05) is 7.11 Å². The molecule has 13 heavy (non-hydrogen) atoms. The van der Waals surface area contributed by atoms with Crippen molar-refractivity contribution in [3.63, 3.8) is 0 Å². The zero-order valence-corrected chi connectivity index (χ0v) is 8.92. The summed E-state index contributed by atoms with van der Waals surface area (Å²) in [5.41, 5.74) is 0. The van der Waals surface area contributed by atoms with Crippen LogP contribution >= 0.6 is 0 Å². The number of ether oxygens (including phenoxy) is 1. The Labute approximate surface area is 81.5 Å². The molecule has 2 unspecified atom stereocenters. The second-order valence-electron chi connectivity index (χ2n) is 3.80. The molecule has 0 fully saturated rings. The van der Waals surface area contributed by atoms with Gasteiger partial charge in [-0.1, -0.05) is 32.8 Å². The quantitative estimate of drug-likeness (QED) is 0.643. The Bertz CT molecular complexity index is 203. The molecule has 0 N–H and O–H groups in total. The molecule has 0 radical (unpaired) electrons. The molecule has 0 spiro atoms. The van der Waals surface area contributed by atoms with E-state index in [9.17, 15) is 0 Å². The van der Waals surface area contributed by atoms with Crippen molar-refractivity contribution in [2.45, 2.75) is 33.1 Å².